The molecule has 0 fully saturated rings. The molecule has 0 spiro atoms. The van der Waals surface area contributed by atoms with Gasteiger partial charge in [-0.05, 0) is 113 Å². The molecule has 4 aliphatic heterocycles. The Hall–Kier alpha value is -8.85. The molecule has 0 saturated carbocycles. The summed E-state index contributed by atoms with van der Waals surface area (Å²) in [6.07, 6.45) is 0. The zero-order valence-electron chi connectivity index (χ0n) is 38.0. The summed E-state index contributed by atoms with van der Waals surface area (Å²) >= 11 is 0. The minimum Gasteiger partial charge on any atom is -0.310 e. The maximum absolute atomic E-state index is 2.68. The van der Waals surface area contributed by atoms with Gasteiger partial charge in [-0.15, -0.1) is 0 Å². The quantitative estimate of drug-likeness (QED) is 0.134. The van der Waals surface area contributed by atoms with Crippen LogP contribution in [0, 0.1) is 0 Å². The summed E-state index contributed by atoms with van der Waals surface area (Å²) in [7, 11) is 0. The van der Waals surface area contributed by atoms with Crippen molar-refractivity contribution in [2.75, 3.05) is 0 Å². The summed E-state index contributed by atoms with van der Waals surface area (Å²) in [5.74, 6) is 0. The van der Waals surface area contributed by atoms with E-state index in [1.807, 2.05) is 0 Å². The van der Waals surface area contributed by atoms with Crippen molar-refractivity contribution < 1.29 is 0 Å². The van der Waals surface area contributed by atoms with Crippen LogP contribution in [0.15, 0.2) is 231 Å². The largest absolute Gasteiger partial charge is 0.310 e. The maximum atomic E-state index is 2.68. The normalized spacial score (nSPS) is 13.1. The second-order valence-electron chi connectivity index (χ2n) is 19.7. The van der Waals surface area contributed by atoms with E-state index in [4.69, 9.17) is 0 Å². The van der Waals surface area contributed by atoms with E-state index in [1.165, 1.54) is 155 Å². The molecular formula is C66H38B2N2. The van der Waals surface area contributed by atoms with Crippen molar-refractivity contribution in [2.45, 2.75) is 0 Å². The lowest BCUT2D eigenvalue weighted by atomic mass is 9.31. The van der Waals surface area contributed by atoms with E-state index < -0.39 is 0 Å². The Morgan fingerprint density at radius 3 is 0.900 bits per heavy atom. The topological polar surface area (TPSA) is 9.86 Å². The molecule has 318 valence electrons. The minimum atomic E-state index is -0.103. The second-order valence-corrected chi connectivity index (χ2v) is 19.7. The number of hydrogen-bond donors (Lipinski definition) is 0. The third-order valence-corrected chi connectivity index (χ3v) is 16.6. The van der Waals surface area contributed by atoms with Crippen molar-refractivity contribution in [3.05, 3.63) is 231 Å². The van der Waals surface area contributed by atoms with Gasteiger partial charge in [0.15, 0.2) is 0 Å². The van der Waals surface area contributed by atoms with Crippen LogP contribution >= 0.6 is 0 Å². The minimum absolute atomic E-state index is 0.103. The molecule has 11 aromatic carbocycles. The molecule has 0 bridgehead atoms. The highest BCUT2D eigenvalue weighted by atomic mass is 15.0. The Balaban J connectivity index is 1.15. The molecule has 17 rings (SSSR count). The lowest BCUT2D eigenvalue weighted by molar-refractivity contribution is 1.18. The van der Waals surface area contributed by atoms with Crippen molar-refractivity contribution >= 4 is 89.8 Å². The molecule has 13 aromatic rings. The number of benzene rings is 11. The molecule has 0 saturated heterocycles. The summed E-state index contributed by atoms with van der Waals surface area (Å²) in [6, 6.07) is 87.9. The average Bonchev–Trinajstić information content (AvgIpc) is 3.99. The molecule has 4 aliphatic rings. The van der Waals surface area contributed by atoms with Crippen LogP contribution in [0.1, 0.15) is 0 Å². The predicted molar refractivity (Wildman–Crippen MR) is 297 cm³/mol. The van der Waals surface area contributed by atoms with Crippen molar-refractivity contribution in [1.82, 2.24) is 9.13 Å². The fourth-order valence-electron chi connectivity index (χ4n) is 14.1. The summed E-state index contributed by atoms with van der Waals surface area (Å²) < 4.78 is 5.36. The number of fused-ring (bicyclic) bond motifs is 26. The summed E-state index contributed by atoms with van der Waals surface area (Å²) in [4.78, 5) is 0. The van der Waals surface area contributed by atoms with E-state index in [1.54, 1.807) is 0 Å². The standard InChI is InChI=1S/C66H38B2N2/c1-5-23-43-39(19-1)41-21-3-7-25-45(41)49-31-17-37-57-61(49)67(53-33-13-9-27-47(43)53)63-59-51-29-11-16-36-56(51)70-58-38-18-32-50-46-26-8-4-22-42(46)40-20-2-6-24-44(40)48-28-10-14-34-54(48)68(62(50)58)64(66(59)70)60-52-30-12-15-35-55(52)69(57)65(60)63/h1-38H. The van der Waals surface area contributed by atoms with E-state index in [0.29, 0.717) is 0 Å². The fourth-order valence-corrected chi connectivity index (χ4v) is 14.1. The van der Waals surface area contributed by atoms with Gasteiger partial charge in [-0.3, -0.25) is 0 Å². The molecule has 4 heteroatoms. The molecule has 6 heterocycles. The molecule has 0 N–H and O–H groups in total. The van der Waals surface area contributed by atoms with Gasteiger partial charge in [0.1, 0.15) is 0 Å². The Kier molecular flexibility index (Phi) is 7.13. The van der Waals surface area contributed by atoms with Gasteiger partial charge in [0.05, 0.1) is 11.0 Å². The average molecular weight is 881 g/mol. The number of aromatic nitrogens is 2. The molecule has 2 aromatic heterocycles. The first-order valence-corrected chi connectivity index (χ1v) is 24.7. The molecule has 0 amide bonds. The van der Waals surface area contributed by atoms with Crippen LogP contribution in [0.2, 0.25) is 0 Å². The van der Waals surface area contributed by atoms with Gasteiger partial charge in [-0.25, -0.2) is 0 Å². The van der Waals surface area contributed by atoms with Crippen molar-refractivity contribution in [1.29, 1.82) is 0 Å². The van der Waals surface area contributed by atoms with Crippen LogP contribution < -0.4 is 32.8 Å². The second kappa shape index (κ2) is 13.4. The molecule has 0 atom stereocenters. The van der Waals surface area contributed by atoms with Crippen LogP contribution in [-0.4, -0.2) is 22.6 Å². The van der Waals surface area contributed by atoms with Crippen LogP contribution in [0.3, 0.4) is 0 Å². The van der Waals surface area contributed by atoms with Gasteiger partial charge in [0, 0.05) is 44.0 Å². The molecular weight excluding hydrogens is 842 g/mol. The summed E-state index contributed by atoms with van der Waals surface area (Å²) in [5, 5.41) is 5.26. The third-order valence-electron chi connectivity index (χ3n) is 16.6. The smallest absolute Gasteiger partial charge is 0.249 e. The molecule has 0 radical (unpaired) electrons. The van der Waals surface area contributed by atoms with Crippen molar-refractivity contribution in [2.24, 2.45) is 0 Å². The summed E-state index contributed by atoms with van der Waals surface area (Å²) in [5.41, 5.74) is 31.0. The van der Waals surface area contributed by atoms with E-state index in [-0.39, 0.29) is 13.4 Å². The maximum Gasteiger partial charge on any atom is 0.249 e. The highest BCUT2D eigenvalue weighted by Crippen LogP contribution is 2.47. The Morgan fingerprint density at radius 1 is 0.229 bits per heavy atom. The molecule has 70 heavy (non-hydrogen) atoms. The Morgan fingerprint density at radius 2 is 0.514 bits per heavy atom. The van der Waals surface area contributed by atoms with E-state index in [0.717, 1.165) is 0 Å². The monoisotopic (exact) mass is 880 g/mol. The molecule has 2 nitrogen and oxygen atoms in total. The fraction of sp³-hybridized carbons (Fsp3) is 0. The first kappa shape index (κ1) is 37.2. The number of hydrogen-bond acceptors (Lipinski definition) is 0. The SMILES string of the molecule is c1ccc2c(c1)B1c3c(cccc3-n3c4ccccc4c4c5c6c(c1c43)c1ccccc1n6-c1cccc3c1B5c1ccccc1-c1ccccc1-c1ccccc1-3)-c1ccccc1-c1ccccc1-2. The highest BCUT2D eigenvalue weighted by Gasteiger charge is 2.46. The zero-order chi connectivity index (χ0) is 45.3. The highest BCUT2D eigenvalue weighted by molar-refractivity contribution is 7.04. The van der Waals surface area contributed by atoms with Gasteiger partial charge in [0.2, 0.25) is 13.4 Å². The third kappa shape index (κ3) is 4.49. The predicted octanol–water partition coefficient (Wildman–Crippen LogP) is 12.2. The molecule has 0 unspecified atom stereocenters. The Labute approximate surface area is 405 Å². The zero-order valence-corrected chi connectivity index (χ0v) is 38.0. The van der Waals surface area contributed by atoms with Gasteiger partial charge in [-0.1, -0.05) is 217 Å². The van der Waals surface area contributed by atoms with Crippen LogP contribution in [0.5, 0.6) is 0 Å². The van der Waals surface area contributed by atoms with Gasteiger partial charge in [-0.2, -0.15) is 0 Å². The van der Waals surface area contributed by atoms with E-state index in [2.05, 4.69) is 240 Å². The van der Waals surface area contributed by atoms with Gasteiger partial charge in [0.25, 0.3) is 0 Å². The number of rotatable bonds is 0. The van der Waals surface area contributed by atoms with E-state index >= 15 is 0 Å². The van der Waals surface area contributed by atoms with Crippen LogP contribution in [0.4, 0.5) is 0 Å². The lowest BCUT2D eigenvalue weighted by Gasteiger charge is -2.34. The summed E-state index contributed by atoms with van der Waals surface area (Å²) in [6.45, 7) is -0.206. The first-order chi connectivity index (χ1) is 34.8. The van der Waals surface area contributed by atoms with Crippen molar-refractivity contribution in [3.63, 3.8) is 0 Å². The first-order valence-electron chi connectivity index (χ1n) is 24.7. The Bertz CT molecular complexity index is 4220. The van der Waals surface area contributed by atoms with Gasteiger partial charge >= 0.3 is 0 Å². The number of nitrogens with zero attached hydrogens (tertiary/aromatic N) is 2. The van der Waals surface area contributed by atoms with Crippen LogP contribution in [-0.2, 0) is 0 Å². The van der Waals surface area contributed by atoms with E-state index in [9.17, 15) is 0 Å². The molecule has 0 aliphatic carbocycles. The van der Waals surface area contributed by atoms with Crippen LogP contribution in [0.25, 0.3) is 122 Å². The van der Waals surface area contributed by atoms with Gasteiger partial charge < -0.3 is 9.13 Å². The lowest BCUT2D eigenvalue weighted by Crippen LogP contribution is -2.60. The van der Waals surface area contributed by atoms with Crippen molar-refractivity contribution in [3.8, 4) is 78.1 Å². The number of para-hydroxylation sites is 2.